The largest absolute Gasteiger partial charge is 0.396 e. The van der Waals surface area contributed by atoms with Crippen LogP contribution in [0.25, 0.3) is 22.6 Å². The predicted molar refractivity (Wildman–Crippen MR) is 140 cm³/mol. The number of nitrogens with one attached hydrogen (secondary N) is 2. The molecule has 5 rings (SSSR count). The van der Waals surface area contributed by atoms with Gasteiger partial charge >= 0.3 is 0 Å². The SMILES string of the molecule is CCN1CCC(Nc2c(Cl)cnc3[nH]c(-c4ccc(N5CCC(CCO)CC5)cc4)nc23)CC1. The van der Waals surface area contributed by atoms with Crippen LogP contribution in [0.2, 0.25) is 5.02 Å². The number of rotatable bonds is 7. The lowest BCUT2D eigenvalue weighted by molar-refractivity contribution is 0.229. The second-order valence-electron chi connectivity index (χ2n) is 9.61. The van der Waals surface area contributed by atoms with Crippen LogP contribution in [0, 0.1) is 5.92 Å². The Hall–Kier alpha value is -2.35. The number of piperidine rings is 2. The number of aliphatic hydroxyl groups is 1. The van der Waals surface area contributed by atoms with Gasteiger partial charge in [0.25, 0.3) is 0 Å². The van der Waals surface area contributed by atoms with Crippen LogP contribution in [0.5, 0.6) is 0 Å². The average Bonchev–Trinajstić information content (AvgIpc) is 3.32. The van der Waals surface area contributed by atoms with Gasteiger partial charge in [-0.3, -0.25) is 0 Å². The van der Waals surface area contributed by atoms with Crippen molar-refractivity contribution in [2.75, 3.05) is 49.5 Å². The molecular weight excluding hydrogens is 448 g/mol. The van der Waals surface area contributed by atoms with E-state index in [0.29, 0.717) is 23.6 Å². The van der Waals surface area contributed by atoms with Gasteiger partial charge in [0.2, 0.25) is 0 Å². The molecule has 4 heterocycles. The molecular formula is C26H35ClN6O. The van der Waals surface area contributed by atoms with Crippen molar-refractivity contribution in [3.63, 3.8) is 0 Å². The normalized spacial score (nSPS) is 18.6. The van der Waals surface area contributed by atoms with E-state index in [-0.39, 0.29) is 0 Å². The van der Waals surface area contributed by atoms with Gasteiger partial charge in [0, 0.05) is 50.1 Å². The average molecular weight is 483 g/mol. The molecule has 34 heavy (non-hydrogen) atoms. The predicted octanol–water partition coefficient (Wildman–Crippen LogP) is 4.77. The fourth-order valence-corrected chi connectivity index (χ4v) is 5.49. The number of halogens is 1. The molecule has 1 aromatic carbocycles. The molecule has 0 amide bonds. The number of benzene rings is 1. The van der Waals surface area contributed by atoms with Crippen LogP contribution in [0.3, 0.4) is 0 Å². The number of hydrogen-bond acceptors (Lipinski definition) is 6. The maximum atomic E-state index is 9.19. The third kappa shape index (κ3) is 5.02. The van der Waals surface area contributed by atoms with E-state index in [1.807, 2.05) is 0 Å². The van der Waals surface area contributed by atoms with E-state index in [9.17, 15) is 5.11 Å². The van der Waals surface area contributed by atoms with Gasteiger partial charge in [0.1, 0.15) is 11.3 Å². The van der Waals surface area contributed by atoms with Crippen LogP contribution in [-0.2, 0) is 0 Å². The minimum absolute atomic E-state index is 0.298. The molecule has 0 unspecified atom stereocenters. The van der Waals surface area contributed by atoms with Crippen LogP contribution in [0.15, 0.2) is 30.5 Å². The molecule has 182 valence electrons. The van der Waals surface area contributed by atoms with Crippen LogP contribution in [-0.4, -0.2) is 70.3 Å². The number of fused-ring (bicyclic) bond motifs is 1. The van der Waals surface area contributed by atoms with Gasteiger partial charge in [-0.1, -0.05) is 18.5 Å². The maximum Gasteiger partial charge on any atom is 0.159 e. The number of hydrogen-bond donors (Lipinski definition) is 3. The Bertz CT molecular complexity index is 1080. The second-order valence-corrected chi connectivity index (χ2v) is 10.0. The van der Waals surface area contributed by atoms with Crippen molar-refractivity contribution in [3.8, 4) is 11.4 Å². The van der Waals surface area contributed by atoms with Gasteiger partial charge < -0.3 is 25.2 Å². The van der Waals surface area contributed by atoms with E-state index in [4.69, 9.17) is 16.6 Å². The van der Waals surface area contributed by atoms with Crippen LogP contribution in [0.1, 0.15) is 39.0 Å². The highest BCUT2D eigenvalue weighted by Gasteiger charge is 2.22. The molecule has 7 nitrogen and oxygen atoms in total. The van der Waals surface area contributed by atoms with Crippen molar-refractivity contribution in [2.45, 2.75) is 45.1 Å². The van der Waals surface area contributed by atoms with E-state index in [0.717, 1.165) is 93.1 Å². The summed E-state index contributed by atoms with van der Waals surface area (Å²) in [5.74, 6) is 1.46. The third-order valence-electron chi connectivity index (χ3n) is 7.51. The van der Waals surface area contributed by atoms with Crippen molar-refractivity contribution in [1.29, 1.82) is 0 Å². The molecule has 0 saturated carbocycles. The molecule has 0 aliphatic carbocycles. The molecule has 2 fully saturated rings. The molecule has 0 radical (unpaired) electrons. The highest BCUT2D eigenvalue weighted by atomic mass is 35.5. The summed E-state index contributed by atoms with van der Waals surface area (Å²) in [5, 5.41) is 13.5. The lowest BCUT2D eigenvalue weighted by Crippen LogP contribution is -2.38. The summed E-state index contributed by atoms with van der Waals surface area (Å²) in [7, 11) is 0. The maximum absolute atomic E-state index is 9.19. The number of H-pyrrole nitrogens is 1. The number of aliphatic hydroxyl groups excluding tert-OH is 1. The molecule has 3 aromatic rings. The number of nitrogens with zero attached hydrogens (tertiary/aromatic N) is 4. The zero-order chi connectivity index (χ0) is 23.5. The van der Waals surface area contributed by atoms with E-state index in [2.05, 4.69) is 56.3 Å². The molecule has 3 N–H and O–H groups in total. The number of likely N-dealkylation sites (tertiary alicyclic amines) is 1. The van der Waals surface area contributed by atoms with E-state index >= 15 is 0 Å². The first-order chi connectivity index (χ1) is 16.6. The number of pyridine rings is 1. The first-order valence-electron chi connectivity index (χ1n) is 12.6. The monoisotopic (exact) mass is 482 g/mol. The van der Waals surface area contributed by atoms with Gasteiger partial charge in [-0.2, -0.15) is 0 Å². The van der Waals surface area contributed by atoms with Crippen molar-refractivity contribution in [2.24, 2.45) is 5.92 Å². The molecule has 2 aliphatic heterocycles. The van der Waals surface area contributed by atoms with Crippen molar-refractivity contribution in [3.05, 3.63) is 35.5 Å². The summed E-state index contributed by atoms with van der Waals surface area (Å²) in [6.07, 6.45) is 7.12. The first-order valence-corrected chi connectivity index (χ1v) is 13.0. The minimum atomic E-state index is 0.298. The van der Waals surface area contributed by atoms with Crippen LogP contribution in [0.4, 0.5) is 11.4 Å². The van der Waals surface area contributed by atoms with Gasteiger partial charge in [-0.05, 0) is 68.8 Å². The van der Waals surface area contributed by atoms with Crippen molar-refractivity contribution in [1.82, 2.24) is 19.9 Å². The second kappa shape index (κ2) is 10.5. The van der Waals surface area contributed by atoms with E-state index in [1.165, 1.54) is 5.69 Å². The summed E-state index contributed by atoms with van der Waals surface area (Å²) < 4.78 is 0. The number of imidazole rings is 1. The fourth-order valence-electron chi connectivity index (χ4n) is 5.29. The molecule has 2 aliphatic rings. The molecule has 0 bridgehead atoms. The summed E-state index contributed by atoms with van der Waals surface area (Å²) in [6, 6.07) is 9.00. The van der Waals surface area contributed by atoms with E-state index in [1.54, 1.807) is 6.20 Å². The Morgan fingerprint density at radius 1 is 1.09 bits per heavy atom. The first kappa shape index (κ1) is 23.4. The van der Waals surface area contributed by atoms with Gasteiger partial charge in [0.15, 0.2) is 5.65 Å². The van der Waals surface area contributed by atoms with E-state index < -0.39 is 0 Å². The Morgan fingerprint density at radius 2 is 1.82 bits per heavy atom. The lowest BCUT2D eigenvalue weighted by Gasteiger charge is -2.33. The Labute approximate surface area is 206 Å². The quantitative estimate of drug-likeness (QED) is 0.450. The summed E-state index contributed by atoms with van der Waals surface area (Å²) in [6.45, 7) is 7.93. The van der Waals surface area contributed by atoms with Gasteiger partial charge in [-0.15, -0.1) is 0 Å². The summed E-state index contributed by atoms with van der Waals surface area (Å²) in [4.78, 5) is 17.7. The third-order valence-corrected chi connectivity index (χ3v) is 7.79. The van der Waals surface area contributed by atoms with Crippen molar-refractivity contribution < 1.29 is 5.11 Å². The fraction of sp³-hybridized carbons (Fsp3) is 0.538. The van der Waals surface area contributed by atoms with Crippen LogP contribution < -0.4 is 10.2 Å². The lowest BCUT2D eigenvalue weighted by atomic mass is 9.93. The Balaban J connectivity index is 1.31. The Morgan fingerprint density at radius 3 is 2.50 bits per heavy atom. The molecule has 0 spiro atoms. The highest BCUT2D eigenvalue weighted by molar-refractivity contribution is 6.34. The van der Waals surface area contributed by atoms with Gasteiger partial charge in [-0.25, -0.2) is 9.97 Å². The van der Waals surface area contributed by atoms with Crippen LogP contribution >= 0.6 is 11.6 Å². The molecule has 0 atom stereocenters. The van der Waals surface area contributed by atoms with Gasteiger partial charge in [0.05, 0.1) is 16.9 Å². The highest BCUT2D eigenvalue weighted by Crippen LogP contribution is 2.33. The minimum Gasteiger partial charge on any atom is -0.396 e. The van der Waals surface area contributed by atoms with Crippen molar-refractivity contribution >= 4 is 34.1 Å². The molecule has 2 saturated heterocycles. The Kier molecular flexibility index (Phi) is 7.23. The number of aromatic nitrogens is 3. The standard InChI is InChI=1S/C26H35ClN6O/c1-2-32-12-9-20(10-13-32)29-23-22(27)17-28-26-24(23)30-25(31-26)19-3-5-21(6-4-19)33-14-7-18(8-15-33)11-16-34/h3-6,17-18,20,34H,2,7-16H2,1H3,(H2,28,29,30,31). The smallest absolute Gasteiger partial charge is 0.159 e. The zero-order valence-electron chi connectivity index (χ0n) is 19.9. The topological polar surface area (TPSA) is 80.3 Å². The summed E-state index contributed by atoms with van der Waals surface area (Å²) >= 11 is 6.56. The molecule has 8 heteroatoms. The summed E-state index contributed by atoms with van der Waals surface area (Å²) in [5.41, 5.74) is 4.71. The number of aromatic amines is 1. The zero-order valence-corrected chi connectivity index (χ0v) is 20.7. The molecule has 2 aromatic heterocycles. The number of anilines is 2.